The molecule has 0 spiro atoms. The Morgan fingerprint density at radius 3 is 1.18 bits per heavy atom. The summed E-state index contributed by atoms with van der Waals surface area (Å²) >= 11 is -0.147. The quantitative estimate of drug-likeness (QED) is 0.266. The van der Waals surface area contributed by atoms with Crippen molar-refractivity contribution in [3.05, 3.63) is 66.8 Å². The van der Waals surface area contributed by atoms with E-state index in [0.717, 1.165) is 0 Å². The van der Waals surface area contributed by atoms with Crippen LogP contribution >= 0.6 is 0 Å². The lowest BCUT2D eigenvalue weighted by Crippen LogP contribution is -3.62. The molecule has 0 saturated carbocycles. The second kappa shape index (κ2) is 11.1. The van der Waals surface area contributed by atoms with Gasteiger partial charge in [0.2, 0.25) is 0 Å². The number of rotatable bonds is 5. The summed E-state index contributed by atoms with van der Waals surface area (Å²) in [5, 5.41) is -7.11. The van der Waals surface area contributed by atoms with E-state index >= 15 is 0 Å². The Kier molecular flexibility index (Phi) is 10.1. The van der Waals surface area contributed by atoms with Crippen LogP contribution in [0.1, 0.15) is 52.7 Å². The Morgan fingerprint density at radius 2 is 0.921 bits per heavy atom. The van der Waals surface area contributed by atoms with Gasteiger partial charge in [0, 0.05) is 11.1 Å². The maximum Gasteiger partial charge on any atom is 0.460 e. The van der Waals surface area contributed by atoms with E-state index in [-0.39, 0.29) is 32.0 Å². The highest BCUT2D eigenvalue weighted by Crippen LogP contribution is 2.54. The summed E-state index contributed by atoms with van der Waals surface area (Å²) in [5.74, 6) is -14.8. The van der Waals surface area contributed by atoms with Crippen molar-refractivity contribution in [2.75, 3.05) is 0 Å². The first kappa shape index (κ1) is 34.5. The van der Waals surface area contributed by atoms with Crippen LogP contribution in [0.25, 0.3) is 0 Å². The van der Waals surface area contributed by atoms with Gasteiger partial charge in [0.25, 0.3) is 0 Å². The zero-order chi connectivity index (χ0) is 30.2. The Labute approximate surface area is 225 Å². The van der Waals surface area contributed by atoms with Crippen molar-refractivity contribution in [3.63, 3.8) is 0 Å². The Hall–Kier alpha value is -1.55. The molecule has 2 aromatic rings. The lowest BCUT2D eigenvalue weighted by atomic mass is 9.87. The predicted octanol–water partition coefficient (Wildman–Crippen LogP) is 4.37. The van der Waals surface area contributed by atoms with Crippen molar-refractivity contribution in [1.82, 2.24) is 0 Å². The fraction of sp³-hybridized carbons (Fsp3) is 0.500. The highest BCUT2D eigenvalue weighted by molar-refractivity contribution is 7.86. The molecule has 38 heavy (non-hydrogen) atoms. The standard InChI is InChI=1S/C20H26I.C4HF9O3S/c1-19(2,3)15-11-7-9-13-17(15)21-18-14-10-8-12-16(18)20(4,5)6;5-1(6,3(9,10)11)2(7,8)4(12,13)17(14,15)16/h7-14H,1-6H3;(H,14,15,16)/q+1;/p-1. The molecule has 2 aromatic carbocycles. The molecule has 0 fully saturated rings. The number of halogens is 10. The van der Waals surface area contributed by atoms with Crippen molar-refractivity contribution < 1.29 is 73.7 Å². The van der Waals surface area contributed by atoms with Crippen molar-refractivity contribution in [3.8, 4) is 0 Å². The first-order valence-electron chi connectivity index (χ1n) is 10.7. The van der Waals surface area contributed by atoms with Crippen LogP contribution in [0.5, 0.6) is 0 Å². The minimum atomic E-state index is -7.43. The Bertz CT molecular complexity index is 1160. The van der Waals surface area contributed by atoms with Gasteiger partial charge in [0.1, 0.15) is 0 Å². The van der Waals surface area contributed by atoms with E-state index in [1.165, 1.54) is 11.1 Å². The zero-order valence-electron chi connectivity index (χ0n) is 21.0. The van der Waals surface area contributed by atoms with Gasteiger partial charge in [0.05, 0.1) is 0 Å². The molecule has 0 aromatic heterocycles. The molecule has 0 unspecified atom stereocenters. The molecular formula is C24H26F9IO3S. The second-order valence-corrected chi connectivity index (χ2v) is 14.5. The van der Waals surface area contributed by atoms with Crippen LogP contribution < -0.4 is 21.2 Å². The summed E-state index contributed by atoms with van der Waals surface area (Å²) < 4.78 is 139. The lowest BCUT2D eigenvalue weighted by molar-refractivity contribution is -0.599. The van der Waals surface area contributed by atoms with Gasteiger partial charge >= 0.3 is 44.5 Å². The van der Waals surface area contributed by atoms with Crippen LogP contribution in [0.15, 0.2) is 48.5 Å². The van der Waals surface area contributed by atoms with Gasteiger partial charge in [-0.05, 0) is 23.0 Å². The van der Waals surface area contributed by atoms with Gasteiger partial charge in [-0.1, -0.05) is 77.9 Å². The van der Waals surface area contributed by atoms with Crippen LogP contribution in [0.2, 0.25) is 0 Å². The number of hydrogen-bond acceptors (Lipinski definition) is 3. The highest BCUT2D eigenvalue weighted by Gasteiger charge is 2.83. The normalized spacial score (nSPS) is 14.1. The lowest BCUT2D eigenvalue weighted by Gasteiger charge is -2.34. The summed E-state index contributed by atoms with van der Waals surface area (Å²) in [4.78, 5) is 0. The molecule has 0 atom stereocenters. The molecule has 3 nitrogen and oxygen atoms in total. The van der Waals surface area contributed by atoms with E-state index in [1.807, 2.05) is 0 Å². The van der Waals surface area contributed by atoms with Gasteiger partial charge in [-0.25, -0.2) is 8.42 Å². The van der Waals surface area contributed by atoms with Crippen molar-refractivity contribution in [2.24, 2.45) is 0 Å². The van der Waals surface area contributed by atoms with Crippen molar-refractivity contribution >= 4 is 10.1 Å². The fourth-order valence-electron chi connectivity index (χ4n) is 2.93. The minimum Gasteiger partial charge on any atom is -0.743 e. The predicted molar refractivity (Wildman–Crippen MR) is 118 cm³/mol. The molecule has 0 saturated heterocycles. The molecule has 0 aliphatic rings. The van der Waals surface area contributed by atoms with Crippen LogP contribution in [0.4, 0.5) is 39.5 Å². The van der Waals surface area contributed by atoms with Gasteiger partial charge in [0.15, 0.2) is 17.3 Å². The fourth-order valence-corrected chi connectivity index (χ4v) is 7.33. The van der Waals surface area contributed by atoms with E-state index in [9.17, 15) is 52.5 Å². The van der Waals surface area contributed by atoms with Crippen LogP contribution in [0.3, 0.4) is 0 Å². The monoisotopic (exact) mass is 692 g/mol. The molecule has 0 radical (unpaired) electrons. The summed E-state index contributed by atoms with van der Waals surface area (Å²) in [5.41, 5.74) is 3.43. The van der Waals surface area contributed by atoms with Crippen LogP contribution in [0, 0.1) is 7.14 Å². The first-order valence-corrected chi connectivity index (χ1v) is 14.3. The third-order valence-corrected chi connectivity index (χ3v) is 8.93. The topological polar surface area (TPSA) is 57.2 Å². The summed E-state index contributed by atoms with van der Waals surface area (Å²) in [7, 11) is -7.42. The molecule has 0 heterocycles. The molecule has 14 heteroatoms. The van der Waals surface area contributed by atoms with Gasteiger partial charge < -0.3 is 4.55 Å². The zero-order valence-corrected chi connectivity index (χ0v) is 24.0. The number of hydrogen-bond donors (Lipinski definition) is 0. The largest absolute Gasteiger partial charge is 0.743 e. The molecule has 216 valence electrons. The van der Waals surface area contributed by atoms with E-state index in [4.69, 9.17) is 0 Å². The maximum absolute atomic E-state index is 12.2. The van der Waals surface area contributed by atoms with E-state index < -0.39 is 33.4 Å². The third kappa shape index (κ3) is 7.34. The second-order valence-electron chi connectivity index (χ2n) is 10.2. The molecule has 0 aliphatic carbocycles. The molecular weight excluding hydrogens is 666 g/mol. The molecule has 2 rings (SSSR count). The summed E-state index contributed by atoms with van der Waals surface area (Å²) in [6.45, 7) is 13.9. The average molecular weight is 692 g/mol. The number of benzene rings is 2. The van der Waals surface area contributed by atoms with Gasteiger partial charge in [-0.3, -0.25) is 0 Å². The summed E-state index contributed by atoms with van der Waals surface area (Å²) in [6.07, 6.45) is -7.16. The Balaban J connectivity index is 0.000000391. The van der Waals surface area contributed by atoms with E-state index in [0.29, 0.717) is 0 Å². The van der Waals surface area contributed by atoms with Gasteiger partial charge in [-0.15, -0.1) is 0 Å². The smallest absolute Gasteiger partial charge is 0.460 e. The first-order chi connectivity index (χ1) is 16.7. The number of alkyl halides is 9. The Morgan fingerprint density at radius 1 is 0.605 bits per heavy atom. The van der Waals surface area contributed by atoms with Crippen molar-refractivity contribution in [1.29, 1.82) is 0 Å². The molecule has 0 N–H and O–H groups in total. The molecule has 0 aliphatic heterocycles. The minimum absolute atomic E-state index is 0.147. The van der Waals surface area contributed by atoms with Gasteiger partial charge in [-0.2, -0.15) is 39.5 Å². The van der Waals surface area contributed by atoms with Crippen molar-refractivity contribution in [2.45, 2.75) is 75.6 Å². The molecule has 0 amide bonds. The van der Waals surface area contributed by atoms with E-state index in [2.05, 4.69) is 90.1 Å². The third-order valence-electron chi connectivity index (χ3n) is 5.00. The van der Waals surface area contributed by atoms with Crippen LogP contribution in [-0.2, 0) is 20.9 Å². The SMILES string of the molecule is CC(C)(C)c1ccccc1[I+]c1ccccc1C(C)(C)C.O=S(=O)([O-])C(F)(F)C(F)(F)C(F)(F)C(F)(F)F. The van der Waals surface area contributed by atoms with E-state index in [1.54, 1.807) is 7.14 Å². The van der Waals surface area contributed by atoms with Crippen LogP contribution in [-0.4, -0.2) is 36.2 Å². The average Bonchev–Trinajstić information content (AvgIpc) is 2.71. The highest BCUT2D eigenvalue weighted by atomic mass is 127. The molecule has 0 bridgehead atoms. The maximum atomic E-state index is 12.2. The summed E-state index contributed by atoms with van der Waals surface area (Å²) in [6, 6.07) is 18.0.